The van der Waals surface area contributed by atoms with E-state index in [1.807, 2.05) is 61.5 Å². The first-order chi connectivity index (χ1) is 14.7. The molecule has 0 spiro atoms. The number of benzene rings is 3. The van der Waals surface area contributed by atoms with Gasteiger partial charge >= 0.3 is 0 Å². The van der Waals surface area contributed by atoms with Crippen LogP contribution in [0.25, 0.3) is 22.0 Å². The molecule has 0 unspecified atom stereocenters. The standard InChI is InChI=1S/C23H20N4O3/c1-2-30-17-8-5-7-16(12-17)20-13-21(26-25-20)23(29)27-24-14-19-18-9-4-3-6-15(18)10-11-22(19)28/h3-14,28H,2H2,1H3,(H,25,26)(H,27,29)/b24-14+. The van der Waals surface area contributed by atoms with Crippen LogP contribution in [0.5, 0.6) is 11.5 Å². The average Bonchev–Trinajstić information content (AvgIpc) is 3.26. The van der Waals surface area contributed by atoms with E-state index >= 15 is 0 Å². The fourth-order valence-corrected chi connectivity index (χ4v) is 3.13. The van der Waals surface area contributed by atoms with Crippen molar-refractivity contribution in [1.82, 2.24) is 15.6 Å². The van der Waals surface area contributed by atoms with Crippen LogP contribution in [0.1, 0.15) is 23.0 Å². The Morgan fingerprint density at radius 3 is 2.90 bits per heavy atom. The van der Waals surface area contributed by atoms with E-state index in [-0.39, 0.29) is 11.4 Å². The summed E-state index contributed by atoms with van der Waals surface area (Å²) in [5.41, 5.74) is 4.72. The van der Waals surface area contributed by atoms with E-state index in [9.17, 15) is 9.90 Å². The molecule has 150 valence electrons. The number of carbonyl (C=O) groups excluding carboxylic acids is 1. The lowest BCUT2D eigenvalue weighted by Gasteiger charge is -2.04. The number of fused-ring (bicyclic) bond motifs is 1. The molecule has 1 heterocycles. The van der Waals surface area contributed by atoms with Gasteiger partial charge in [-0.05, 0) is 42.0 Å². The predicted octanol–water partition coefficient (Wildman–Crippen LogP) is 4.10. The van der Waals surface area contributed by atoms with Crippen molar-refractivity contribution in [1.29, 1.82) is 0 Å². The van der Waals surface area contributed by atoms with Crippen LogP contribution in [0.2, 0.25) is 0 Å². The second-order valence-electron chi connectivity index (χ2n) is 6.55. The predicted molar refractivity (Wildman–Crippen MR) is 116 cm³/mol. The van der Waals surface area contributed by atoms with Crippen molar-refractivity contribution in [2.75, 3.05) is 6.61 Å². The largest absolute Gasteiger partial charge is 0.507 e. The molecule has 0 aliphatic heterocycles. The maximum Gasteiger partial charge on any atom is 0.289 e. The number of aromatic hydroxyl groups is 1. The smallest absolute Gasteiger partial charge is 0.289 e. The molecule has 3 N–H and O–H groups in total. The highest BCUT2D eigenvalue weighted by Gasteiger charge is 2.11. The Balaban J connectivity index is 1.49. The molecule has 4 rings (SSSR count). The van der Waals surface area contributed by atoms with Gasteiger partial charge in [0.25, 0.3) is 5.91 Å². The molecule has 30 heavy (non-hydrogen) atoms. The quantitative estimate of drug-likeness (QED) is 0.335. The van der Waals surface area contributed by atoms with Gasteiger partial charge in [-0.3, -0.25) is 9.89 Å². The number of nitrogens with zero attached hydrogens (tertiary/aromatic N) is 2. The van der Waals surface area contributed by atoms with Crippen molar-refractivity contribution in [2.45, 2.75) is 6.92 Å². The molecule has 1 aromatic heterocycles. The fourth-order valence-electron chi connectivity index (χ4n) is 3.13. The number of nitrogens with one attached hydrogen (secondary N) is 2. The van der Waals surface area contributed by atoms with Gasteiger partial charge in [-0.25, -0.2) is 5.43 Å². The van der Waals surface area contributed by atoms with Crippen LogP contribution >= 0.6 is 0 Å². The van der Waals surface area contributed by atoms with Crippen molar-refractivity contribution >= 4 is 22.9 Å². The zero-order valence-electron chi connectivity index (χ0n) is 16.3. The minimum absolute atomic E-state index is 0.0877. The summed E-state index contributed by atoms with van der Waals surface area (Å²) in [6.45, 7) is 2.49. The van der Waals surface area contributed by atoms with E-state index in [0.717, 1.165) is 22.1 Å². The number of hydrazone groups is 1. The third-order valence-corrected chi connectivity index (χ3v) is 4.57. The first-order valence-electron chi connectivity index (χ1n) is 9.48. The van der Waals surface area contributed by atoms with Gasteiger partial charge in [0.2, 0.25) is 0 Å². The molecule has 7 nitrogen and oxygen atoms in total. The molecule has 4 aromatic rings. The number of hydrogen-bond donors (Lipinski definition) is 3. The number of aromatic amines is 1. The van der Waals surface area contributed by atoms with Crippen LogP contribution < -0.4 is 10.2 Å². The molecular weight excluding hydrogens is 380 g/mol. The van der Waals surface area contributed by atoms with Crippen molar-refractivity contribution in [3.05, 3.63) is 78.0 Å². The van der Waals surface area contributed by atoms with E-state index in [1.165, 1.54) is 6.21 Å². The molecule has 0 saturated heterocycles. The minimum atomic E-state index is -0.439. The third kappa shape index (κ3) is 4.00. The number of hydrogen-bond acceptors (Lipinski definition) is 5. The minimum Gasteiger partial charge on any atom is -0.507 e. The van der Waals surface area contributed by atoms with Gasteiger partial charge in [0.15, 0.2) is 0 Å². The molecule has 0 radical (unpaired) electrons. The SMILES string of the molecule is CCOc1cccc(-c2cc(C(=O)N/N=C/c3c(O)ccc4ccccc34)[nH]n2)c1. The Hall–Kier alpha value is -4.13. The van der Waals surface area contributed by atoms with Gasteiger partial charge in [-0.2, -0.15) is 10.2 Å². The lowest BCUT2D eigenvalue weighted by Crippen LogP contribution is -2.18. The van der Waals surface area contributed by atoms with Crippen molar-refractivity contribution in [3.8, 4) is 22.8 Å². The van der Waals surface area contributed by atoms with E-state index in [0.29, 0.717) is 17.9 Å². The summed E-state index contributed by atoms with van der Waals surface area (Å²) in [6.07, 6.45) is 1.43. The van der Waals surface area contributed by atoms with Crippen LogP contribution in [0.4, 0.5) is 0 Å². The summed E-state index contributed by atoms with van der Waals surface area (Å²) in [5.74, 6) is 0.388. The Labute approximate surface area is 173 Å². The number of aromatic nitrogens is 2. The van der Waals surface area contributed by atoms with Gasteiger partial charge in [0.1, 0.15) is 17.2 Å². The molecule has 0 aliphatic rings. The summed E-state index contributed by atoms with van der Waals surface area (Å²) >= 11 is 0. The van der Waals surface area contributed by atoms with Gasteiger partial charge in [0.05, 0.1) is 18.5 Å². The van der Waals surface area contributed by atoms with Gasteiger partial charge in [-0.1, -0.05) is 42.5 Å². The zero-order chi connectivity index (χ0) is 20.9. The highest BCUT2D eigenvalue weighted by Crippen LogP contribution is 2.25. The van der Waals surface area contributed by atoms with E-state index in [4.69, 9.17) is 4.74 Å². The van der Waals surface area contributed by atoms with Gasteiger partial charge in [-0.15, -0.1) is 0 Å². The van der Waals surface area contributed by atoms with Crippen molar-refractivity contribution < 1.29 is 14.6 Å². The summed E-state index contributed by atoms with van der Waals surface area (Å²) in [4.78, 5) is 12.4. The van der Waals surface area contributed by atoms with E-state index in [1.54, 1.807) is 12.1 Å². The van der Waals surface area contributed by atoms with Crippen LogP contribution in [0.15, 0.2) is 71.8 Å². The number of H-pyrrole nitrogens is 1. The summed E-state index contributed by atoms with van der Waals surface area (Å²) < 4.78 is 5.50. The first-order valence-corrected chi connectivity index (χ1v) is 9.48. The molecule has 0 atom stereocenters. The second-order valence-corrected chi connectivity index (χ2v) is 6.55. The van der Waals surface area contributed by atoms with Crippen LogP contribution in [0, 0.1) is 0 Å². The van der Waals surface area contributed by atoms with E-state index < -0.39 is 5.91 Å². The zero-order valence-corrected chi connectivity index (χ0v) is 16.3. The fraction of sp³-hybridized carbons (Fsp3) is 0.0870. The first kappa shape index (κ1) is 19.2. The number of phenolic OH excluding ortho intramolecular Hbond substituents is 1. The molecule has 0 bridgehead atoms. The molecule has 1 amide bonds. The Kier molecular flexibility index (Phi) is 5.43. The summed E-state index contributed by atoms with van der Waals surface area (Å²) in [7, 11) is 0. The number of ether oxygens (including phenoxy) is 1. The monoisotopic (exact) mass is 400 g/mol. The van der Waals surface area contributed by atoms with Gasteiger partial charge in [0, 0.05) is 11.1 Å². The Morgan fingerprint density at radius 2 is 2.03 bits per heavy atom. The molecular formula is C23H20N4O3. The van der Waals surface area contributed by atoms with Crippen LogP contribution in [-0.4, -0.2) is 34.0 Å². The van der Waals surface area contributed by atoms with Crippen LogP contribution in [0.3, 0.4) is 0 Å². The Bertz CT molecular complexity index is 1230. The van der Waals surface area contributed by atoms with E-state index in [2.05, 4.69) is 20.7 Å². The van der Waals surface area contributed by atoms with Crippen molar-refractivity contribution in [2.24, 2.45) is 5.10 Å². The highest BCUT2D eigenvalue weighted by atomic mass is 16.5. The average molecular weight is 400 g/mol. The maximum atomic E-state index is 12.4. The molecule has 0 saturated carbocycles. The normalized spacial score (nSPS) is 11.1. The molecule has 7 heteroatoms. The molecule has 0 fully saturated rings. The topological polar surface area (TPSA) is 99.6 Å². The number of rotatable bonds is 6. The van der Waals surface area contributed by atoms with Crippen molar-refractivity contribution in [3.63, 3.8) is 0 Å². The number of amides is 1. The molecule has 0 aliphatic carbocycles. The Morgan fingerprint density at radius 1 is 1.17 bits per heavy atom. The number of phenols is 1. The third-order valence-electron chi connectivity index (χ3n) is 4.57. The molecule has 3 aromatic carbocycles. The lowest BCUT2D eigenvalue weighted by molar-refractivity contribution is 0.0950. The number of carbonyl (C=O) groups is 1. The van der Waals surface area contributed by atoms with Crippen LogP contribution in [-0.2, 0) is 0 Å². The summed E-state index contributed by atoms with van der Waals surface area (Å²) in [6, 6.07) is 20.2. The lowest BCUT2D eigenvalue weighted by atomic mass is 10.0. The van der Waals surface area contributed by atoms with Gasteiger partial charge < -0.3 is 9.84 Å². The summed E-state index contributed by atoms with van der Waals surface area (Å²) in [5, 5.41) is 22.9. The maximum absolute atomic E-state index is 12.4. The highest BCUT2D eigenvalue weighted by molar-refractivity contribution is 6.03. The second kappa shape index (κ2) is 8.48.